The second-order valence-electron chi connectivity index (χ2n) is 4.47. The summed E-state index contributed by atoms with van der Waals surface area (Å²) >= 11 is 0. The lowest BCUT2D eigenvalue weighted by atomic mass is 10.2. The number of benzene rings is 1. The Labute approximate surface area is 120 Å². The van der Waals surface area contributed by atoms with Crippen LogP contribution in [0.15, 0.2) is 18.2 Å². The number of nitrogens with one attached hydrogen (secondary N) is 2. The highest BCUT2D eigenvalue weighted by molar-refractivity contribution is 5.95. The van der Waals surface area contributed by atoms with Gasteiger partial charge in [-0.2, -0.15) is 0 Å². The molecule has 0 aromatic heterocycles. The molecule has 2 heterocycles. The molecule has 0 aliphatic carbocycles. The van der Waals surface area contributed by atoms with Crippen molar-refractivity contribution < 1.29 is 23.0 Å². The van der Waals surface area contributed by atoms with Crippen LogP contribution in [0.5, 0.6) is 11.5 Å². The number of halogens is 3. The maximum absolute atomic E-state index is 12.8. The average molecular weight is 307 g/mol. The lowest BCUT2D eigenvalue weighted by molar-refractivity contribution is -0.286. The molecule has 110 valence electrons. The lowest BCUT2D eigenvalue weighted by Crippen LogP contribution is -2.35. The van der Waals surface area contributed by atoms with Gasteiger partial charge in [-0.15, -0.1) is 21.2 Å². The topological polar surface area (TPSA) is 59.6 Å². The maximum atomic E-state index is 12.8. The van der Waals surface area contributed by atoms with Crippen LogP contribution in [0.25, 0.3) is 0 Å². The third kappa shape index (κ3) is 2.94. The molecule has 8 heteroatoms. The first-order chi connectivity index (χ1) is 9.03. The van der Waals surface area contributed by atoms with Crippen molar-refractivity contribution in [1.29, 1.82) is 0 Å². The molecule has 0 radical (unpaired) electrons. The summed E-state index contributed by atoms with van der Waals surface area (Å²) < 4.78 is 34.3. The molecule has 2 aliphatic rings. The zero-order valence-electron chi connectivity index (χ0n) is 10.3. The average Bonchev–Trinajstić information content (AvgIpc) is 2.93. The van der Waals surface area contributed by atoms with E-state index in [2.05, 4.69) is 20.1 Å². The molecule has 2 N–H and O–H groups in total. The van der Waals surface area contributed by atoms with Crippen LogP contribution >= 0.6 is 12.4 Å². The van der Waals surface area contributed by atoms with E-state index in [4.69, 9.17) is 0 Å². The number of fused-ring (bicyclic) bond motifs is 1. The molecule has 3 rings (SSSR count). The molecule has 0 spiro atoms. The smallest absolute Gasteiger partial charge is 0.395 e. The van der Waals surface area contributed by atoms with Crippen LogP contribution in [0.2, 0.25) is 0 Å². The Kier molecular flexibility index (Phi) is 4.01. The first-order valence-electron chi connectivity index (χ1n) is 5.98. The number of hydrogen-bond donors (Lipinski definition) is 2. The molecule has 1 saturated heterocycles. The van der Waals surface area contributed by atoms with E-state index in [1.165, 1.54) is 18.2 Å². The summed E-state index contributed by atoms with van der Waals surface area (Å²) in [4.78, 5) is 11.8. The molecule has 5 nitrogen and oxygen atoms in total. The van der Waals surface area contributed by atoms with E-state index in [-0.39, 0.29) is 35.9 Å². The van der Waals surface area contributed by atoms with E-state index in [0.717, 1.165) is 19.4 Å². The largest absolute Gasteiger partial charge is 0.586 e. The molecule has 1 aromatic carbocycles. The van der Waals surface area contributed by atoms with Crippen molar-refractivity contribution in [3.63, 3.8) is 0 Å². The van der Waals surface area contributed by atoms with Crippen molar-refractivity contribution in [3.8, 4) is 11.5 Å². The summed E-state index contributed by atoms with van der Waals surface area (Å²) in [6.07, 6.45) is -1.92. The van der Waals surface area contributed by atoms with E-state index in [1.54, 1.807) is 0 Å². The number of amides is 1. The summed E-state index contributed by atoms with van der Waals surface area (Å²) in [5, 5.41) is 5.71. The highest BCUT2D eigenvalue weighted by Gasteiger charge is 2.43. The van der Waals surface area contributed by atoms with E-state index in [0.29, 0.717) is 5.69 Å². The zero-order chi connectivity index (χ0) is 13.5. The predicted molar refractivity (Wildman–Crippen MR) is 69.5 cm³/mol. The van der Waals surface area contributed by atoms with Gasteiger partial charge in [0.05, 0.1) is 6.04 Å². The molecule has 1 aromatic rings. The van der Waals surface area contributed by atoms with Gasteiger partial charge in [-0.05, 0) is 31.5 Å². The monoisotopic (exact) mass is 306 g/mol. The van der Waals surface area contributed by atoms with Crippen LogP contribution in [-0.4, -0.2) is 24.8 Å². The quantitative estimate of drug-likeness (QED) is 0.879. The number of hydrogen-bond acceptors (Lipinski definition) is 4. The Morgan fingerprint density at radius 2 is 2.10 bits per heavy atom. The Balaban J connectivity index is 0.00000147. The lowest BCUT2D eigenvalue weighted by Gasteiger charge is -2.11. The molecular formula is C12H13ClF2N2O3. The van der Waals surface area contributed by atoms with Crippen LogP contribution in [0.4, 0.5) is 14.5 Å². The van der Waals surface area contributed by atoms with Gasteiger partial charge in [-0.1, -0.05) is 0 Å². The first-order valence-corrected chi connectivity index (χ1v) is 5.98. The number of carbonyl (C=O) groups excluding carboxylic acids is 1. The number of carbonyl (C=O) groups is 1. The van der Waals surface area contributed by atoms with E-state index < -0.39 is 6.29 Å². The molecular weight excluding hydrogens is 294 g/mol. The van der Waals surface area contributed by atoms with E-state index >= 15 is 0 Å². The fourth-order valence-corrected chi connectivity index (χ4v) is 2.16. The van der Waals surface area contributed by atoms with Crippen LogP contribution in [0.1, 0.15) is 12.8 Å². The highest BCUT2D eigenvalue weighted by Crippen LogP contribution is 2.42. The van der Waals surface area contributed by atoms with Gasteiger partial charge in [0.2, 0.25) is 5.91 Å². The third-order valence-electron chi connectivity index (χ3n) is 3.05. The number of rotatable bonds is 2. The third-order valence-corrected chi connectivity index (χ3v) is 3.05. The minimum Gasteiger partial charge on any atom is -0.395 e. The summed E-state index contributed by atoms with van der Waals surface area (Å²) in [5.41, 5.74) is 0.402. The van der Waals surface area contributed by atoms with Crippen molar-refractivity contribution in [1.82, 2.24) is 5.32 Å². The second-order valence-corrected chi connectivity index (χ2v) is 4.47. The second kappa shape index (κ2) is 5.41. The van der Waals surface area contributed by atoms with Crippen molar-refractivity contribution in [2.75, 3.05) is 11.9 Å². The molecule has 0 bridgehead atoms. The van der Waals surface area contributed by atoms with Crippen molar-refractivity contribution in [2.45, 2.75) is 25.2 Å². The Morgan fingerprint density at radius 1 is 1.35 bits per heavy atom. The summed E-state index contributed by atoms with van der Waals surface area (Å²) in [6.45, 7) is 0.811. The van der Waals surface area contributed by atoms with Crippen molar-refractivity contribution in [3.05, 3.63) is 18.2 Å². The van der Waals surface area contributed by atoms with Crippen LogP contribution in [0.3, 0.4) is 0 Å². The van der Waals surface area contributed by atoms with E-state index in [9.17, 15) is 13.6 Å². The molecule has 0 unspecified atom stereocenters. The van der Waals surface area contributed by atoms with Gasteiger partial charge >= 0.3 is 6.29 Å². The van der Waals surface area contributed by atoms with Crippen LogP contribution < -0.4 is 20.1 Å². The molecule has 1 atom stereocenters. The van der Waals surface area contributed by atoms with E-state index in [1.807, 2.05) is 0 Å². The van der Waals surface area contributed by atoms with Gasteiger partial charge in [-0.3, -0.25) is 4.79 Å². The fourth-order valence-electron chi connectivity index (χ4n) is 2.16. The van der Waals surface area contributed by atoms with Gasteiger partial charge in [0.1, 0.15) is 0 Å². The minimum absolute atomic E-state index is 0. The SMILES string of the molecule is Cl.O=C(Nc1ccc2c(c1)OC(F)(F)O2)[C@@H]1CCCN1. The highest BCUT2D eigenvalue weighted by atomic mass is 35.5. The zero-order valence-corrected chi connectivity index (χ0v) is 11.1. The normalized spacial score (nSPS) is 22.2. The van der Waals surface area contributed by atoms with Gasteiger partial charge < -0.3 is 20.1 Å². The molecule has 1 amide bonds. The number of alkyl halides is 2. The summed E-state index contributed by atoms with van der Waals surface area (Å²) in [5.74, 6) is -0.299. The van der Waals surface area contributed by atoms with Crippen molar-refractivity contribution >= 4 is 24.0 Å². The van der Waals surface area contributed by atoms with Gasteiger partial charge in [0.25, 0.3) is 0 Å². The number of anilines is 1. The predicted octanol–water partition coefficient (Wildman–Crippen LogP) is 2.12. The first kappa shape index (κ1) is 14.8. The van der Waals surface area contributed by atoms with Gasteiger partial charge in [-0.25, -0.2) is 0 Å². The van der Waals surface area contributed by atoms with Gasteiger partial charge in [0.15, 0.2) is 11.5 Å². The molecule has 0 saturated carbocycles. The minimum atomic E-state index is -3.64. The van der Waals surface area contributed by atoms with Crippen LogP contribution in [0, 0.1) is 0 Å². The fraction of sp³-hybridized carbons (Fsp3) is 0.417. The maximum Gasteiger partial charge on any atom is 0.586 e. The number of ether oxygens (including phenoxy) is 2. The van der Waals surface area contributed by atoms with Gasteiger partial charge in [0, 0.05) is 11.8 Å². The Hall–Kier alpha value is -1.60. The molecule has 20 heavy (non-hydrogen) atoms. The van der Waals surface area contributed by atoms with Crippen LogP contribution in [-0.2, 0) is 4.79 Å². The Bertz CT molecular complexity index is 521. The molecule has 2 aliphatic heterocycles. The molecule has 1 fully saturated rings. The summed E-state index contributed by atoms with van der Waals surface area (Å²) in [6, 6.07) is 3.93. The van der Waals surface area contributed by atoms with Crippen molar-refractivity contribution in [2.24, 2.45) is 0 Å². The Morgan fingerprint density at radius 3 is 2.80 bits per heavy atom. The standard InChI is InChI=1S/C12H12F2N2O3.ClH/c13-12(14)18-9-4-3-7(6-10(9)19-12)16-11(17)8-2-1-5-15-8;/h3-4,6,8,15H,1-2,5H2,(H,16,17);1H/t8-;/m0./s1. The summed E-state index contributed by atoms with van der Waals surface area (Å²) in [7, 11) is 0.